The molecule has 2 N–H and O–H groups in total. The van der Waals surface area contributed by atoms with Crippen LogP contribution in [0.25, 0.3) is 0 Å². The summed E-state index contributed by atoms with van der Waals surface area (Å²) < 4.78 is 0. The first-order valence-corrected chi connectivity index (χ1v) is 5.34. The molecular formula is C12H22O4. The van der Waals surface area contributed by atoms with E-state index in [1.54, 1.807) is 0 Å². The van der Waals surface area contributed by atoms with Gasteiger partial charge in [-0.3, -0.25) is 9.59 Å². The van der Waals surface area contributed by atoms with E-state index in [1.807, 2.05) is 41.5 Å². The SMILES string of the molecule is CC(C)(C)C(C(C(=O)O)C(=O)O)C(C)(C)C. The van der Waals surface area contributed by atoms with Gasteiger partial charge in [0.2, 0.25) is 0 Å². The van der Waals surface area contributed by atoms with Crippen LogP contribution >= 0.6 is 0 Å². The van der Waals surface area contributed by atoms with Crippen LogP contribution in [0.15, 0.2) is 0 Å². The van der Waals surface area contributed by atoms with E-state index in [-0.39, 0.29) is 10.8 Å². The maximum absolute atomic E-state index is 11.1. The Morgan fingerprint density at radius 1 is 0.812 bits per heavy atom. The van der Waals surface area contributed by atoms with Gasteiger partial charge in [-0.05, 0) is 16.7 Å². The zero-order valence-corrected chi connectivity index (χ0v) is 10.9. The molecule has 0 amide bonds. The van der Waals surface area contributed by atoms with Crippen molar-refractivity contribution in [2.24, 2.45) is 22.7 Å². The molecule has 0 fully saturated rings. The number of rotatable bonds is 3. The van der Waals surface area contributed by atoms with Crippen molar-refractivity contribution in [1.29, 1.82) is 0 Å². The van der Waals surface area contributed by atoms with Crippen LogP contribution < -0.4 is 0 Å². The summed E-state index contributed by atoms with van der Waals surface area (Å²) in [7, 11) is 0. The predicted molar refractivity (Wildman–Crippen MR) is 61.2 cm³/mol. The quantitative estimate of drug-likeness (QED) is 0.730. The Kier molecular flexibility index (Phi) is 4.14. The molecule has 0 rings (SSSR count). The van der Waals surface area contributed by atoms with Gasteiger partial charge in [0.25, 0.3) is 0 Å². The highest BCUT2D eigenvalue weighted by molar-refractivity contribution is 5.93. The molecule has 0 aliphatic carbocycles. The van der Waals surface area contributed by atoms with Crippen LogP contribution in [0.5, 0.6) is 0 Å². The summed E-state index contributed by atoms with van der Waals surface area (Å²) in [5, 5.41) is 18.1. The lowest BCUT2D eigenvalue weighted by molar-refractivity contribution is -0.163. The summed E-state index contributed by atoms with van der Waals surface area (Å²) in [5.41, 5.74) is -0.751. The molecule has 0 atom stereocenters. The molecule has 0 aromatic carbocycles. The van der Waals surface area contributed by atoms with Gasteiger partial charge in [-0.2, -0.15) is 0 Å². The Bertz CT molecular complexity index is 252. The second-order valence-corrected chi connectivity index (χ2v) is 6.36. The summed E-state index contributed by atoms with van der Waals surface area (Å²) in [5.74, 6) is -4.32. The third-order valence-electron chi connectivity index (χ3n) is 2.73. The lowest BCUT2D eigenvalue weighted by atomic mass is 9.61. The third kappa shape index (κ3) is 3.51. The summed E-state index contributed by atoms with van der Waals surface area (Å²) in [6.07, 6.45) is 0. The molecule has 0 radical (unpaired) electrons. The molecule has 0 heterocycles. The van der Waals surface area contributed by atoms with E-state index in [1.165, 1.54) is 0 Å². The fraction of sp³-hybridized carbons (Fsp3) is 0.833. The van der Waals surface area contributed by atoms with Crippen LogP contribution in [0.4, 0.5) is 0 Å². The molecular weight excluding hydrogens is 208 g/mol. The minimum absolute atomic E-state index is 0.375. The maximum atomic E-state index is 11.1. The highest BCUT2D eigenvalue weighted by atomic mass is 16.4. The van der Waals surface area contributed by atoms with E-state index in [2.05, 4.69) is 0 Å². The van der Waals surface area contributed by atoms with Gasteiger partial charge >= 0.3 is 11.9 Å². The zero-order chi connectivity index (χ0) is 13.3. The van der Waals surface area contributed by atoms with Crippen molar-refractivity contribution in [2.75, 3.05) is 0 Å². The minimum atomic E-state index is -1.36. The number of carboxylic acid groups (broad SMARTS) is 2. The van der Waals surface area contributed by atoms with Crippen molar-refractivity contribution in [3.8, 4) is 0 Å². The highest BCUT2D eigenvalue weighted by Crippen LogP contribution is 2.44. The average molecular weight is 230 g/mol. The molecule has 0 aliphatic rings. The Morgan fingerprint density at radius 2 is 1.06 bits per heavy atom. The van der Waals surface area contributed by atoms with Crippen LogP contribution in [0.3, 0.4) is 0 Å². The molecule has 94 valence electrons. The van der Waals surface area contributed by atoms with Gasteiger partial charge in [-0.1, -0.05) is 41.5 Å². The topological polar surface area (TPSA) is 74.6 Å². The van der Waals surface area contributed by atoms with Crippen LogP contribution in [-0.2, 0) is 9.59 Å². The second kappa shape index (κ2) is 4.44. The van der Waals surface area contributed by atoms with Crippen LogP contribution in [-0.4, -0.2) is 22.2 Å². The van der Waals surface area contributed by atoms with Gasteiger partial charge in [0.05, 0.1) is 0 Å². The van der Waals surface area contributed by atoms with E-state index in [9.17, 15) is 9.59 Å². The average Bonchev–Trinajstić information content (AvgIpc) is 1.93. The molecule has 0 saturated carbocycles. The molecule has 0 aromatic heterocycles. The number of hydrogen-bond acceptors (Lipinski definition) is 2. The fourth-order valence-electron chi connectivity index (χ4n) is 2.69. The van der Waals surface area contributed by atoms with E-state index < -0.39 is 23.8 Å². The van der Waals surface area contributed by atoms with E-state index in [4.69, 9.17) is 10.2 Å². The standard InChI is InChI=1S/C12H22O4/c1-11(2,3)8(12(4,5)6)7(9(13)14)10(15)16/h7-8H,1-6H3,(H,13,14)(H,15,16). The summed E-state index contributed by atoms with van der Waals surface area (Å²) in [6, 6.07) is 0. The summed E-state index contributed by atoms with van der Waals surface area (Å²) in [4.78, 5) is 22.2. The summed E-state index contributed by atoms with van der Waals surface area (Å²) in [6.45, 7) is 11.3. The zero-order valence-electron chi connectivity index (χ0n) is 10.9. The number of carbonyl (C=O) groups is 2. The van der Waals surface area contributed by atoms with Gasteiger partial charge < -0.3 is 10.2 Å². The molecule has 0 saturated heterocycles. The number of carboxylic acids is 2. The molecule has 16 heavy (non-hydrogen) atoms. The molecule has 0 aliphatic heterocycles. The van der Waals surface area contributed by atoms with Crippen molar-refractivity contribution in [2.45, 2.75) is 41.5 Å². The normalized spacial score (nSPS) is 13.2. The monoisotopic (exact) mass is 230 g/mol. The van der Waals surface area contributed by atoms with E-state index in [0.29, 0.717) is 0 Å². The molecule has 4 nitrogen and oxygen atoms in total. The Morgan fingerprint density at radius 3 is 1.12 bits per heavy atom. The fourth-order valence-corrected chi connectivity index (χ4v) is 2.69. The smallest absolute Gasteiger partial charge is 0.318 e. The van der Waals surface area contributed by atoms with E-state index >= 15 is 0 Å². The largest absolute Gasteiger partial charge is 0.481 e. The Balaban J connectivity index is 5.50. The van der Waals surface area contributed by atoms with Crippen molar-refractivity contribution >= 4 is 11.9 Å². The number of aliphatic carboxylic acids is 2. The first-order valence-electron chi connectivity index (χ1n) is 5.34. The second-order valence-electron chi connectivity index (χ2n) is 6.36. The van der Waals surface area contributed by atoms with Crippen molar-refractivity contribution in [3.63, 3.8) is 0 Å². The molecule has 0 aromatic rings. The van der Waals surface area contributed by atoms with Crippen LogP contribution in [0.1, 0.15) is 41.5 Å². The van der Waals surface area contributed by atoms with Gasteiger partial charge in [-0.25, -0.2) is 0 Å². The van der Waals surface area contributed by atoms with Gasteiger partial charge in [-0.15, -0.1) is 0 Å². The van der Waals surface area contributed by atoms with Crippen LogP contribution in [0.2, 0.25) is 0 Å². The first-order chi connectivity index (χ1) is 6.89. The molecule has 4 heteroatoms. The van der Waals surface area contributed by atoms with E-state index in [0.717, 1.165) is 0 Å². The molecule has 0 spiro atoms. The third-order valence-corrected chi connectivity index (χ3v) is 2.73. The highest BCUT2D eigenvalue weighted by Gasteiger charge is 2.47. The Labute approximate surface area is 96.7 Å². The summed E-state index contributed by atoms with van der Waals surface area (Å²) >= 11 is 0. The van der Waals surface area contributed by atoms with Gasteiger partial charge in [0.15, 0.2) is 5.92 Å². The molecule has 0 bridgehead atoms. The lowest BCUT2D eigenvalue weighted by Crippen LogP contribution is -2.45. The number of hydrogen-bond donors (Lipinski definition) is 2. The first kappa shape index (κ1) is 14.9. The van der Waals surface area contributed by atoms with Crippen molar-refractivity contribution in [1.82, 2.24) is 0 Å². The molecule has 0 unspecified atom stereocenters. The maximum Gasteiger partial charge on any atom is 0.318 e. The lowest BCUT2D eigenvalue weighted by Gasteiger charge is -2.42. The van der Waals surface area contributed by atoms with Gasteiger partial charge in [0.1, 0.15) is 0 Å². The van der Waals surface area contributed by atoms with Crippen molar-refractivity contribution < 1.29 is 19.8 Å². The predicted octanol–water partition coefficient (Wildman–Crippen LogP) is 2.48. The van der Waals surface area contributed by atoms with Crippen molar-refractivity contribution in [3.05, 3.63) is 0 Å². The minimum Gasteiger partial charge on any atom is -0.481 e. The van der Waals surface area contributed by atoms with Crippen LogP contribution in [0, 0.1) is 22.7 Å². The Hall–Kier alpha value is -1.06. The van der Waals surface area contributed by atoms with Gasteiger partial charge in [0, 0.05) is 0 Å².